The van der Waals surface area contributed by atoms with Crippen molar-refractivity contribution in [1.82, 2.24) is 4.90 Å². The van der Waals surface area contributed by atoms with Crippen LogP contribution in [-0.2, 0) is 4.79 Å². The van der Waals surface area contributed by atoms with Crippen molar-refractivity contribution in [3.8, 4) is 0 Å². The molecule has 0 fully saturated rings. The smallest absolute Gasteiger partial charge is 0.131 e. The van der Waals surface area contributed by atoms with Crippen molar-refractivity contribution < 1.29 is 4.79 Å². The first-order valence-electron chi connectivity index (χ1n) is 6.07. The predicted molar refractivity (Wildman–Crippen MR) is 72.4 cm³/mol. The summed E-state index contributed by atoms with van der Waals surface area (Å²) in [5, 5.41) is 0.725. The van der Waals surface area contributed by atoms with Crippen molar-refractivity contribution in [3.63, 3.8) is 0 Å². The van der Waals surface area contributed by atoms with Crippen LogP contribution in [0.15, 0.2) is 24.3 Å². The van der Waals surface area contributed by atoms with Crippen LogP contribution in [0.1, 0.15) is 38.8 Å². The molecule has 3 heteroatoms. The molecule has 1 unspecified atom stereocenters. The van der Waals surface area contributed by atoms with Gasteiger partial charge in [-0.2, -0.15) is 0 Å². The highest BCUT2D eigenvalue weighted by atomic mass is 35.5. The molecule has 0 N–H and O–H groups in total. The minimum atomic E-state index is 0.140. The molecule has 0 aliphatic carbocycles. The molecule has 0 saturated heterocycles. The summed E-state index contributed by atoms with van der Waals surface area (Å²) in [7, 11) is 0. The molecule has 0 aliphatic rings. The van der Waals surface area contributed by atoms with E-state index in [0.29, 0.717) is 6.42 Å². The van der Waals surface area contributed by atoms with Gasteiger partial charge in [-0.3, -0.25) is 9.69 Å². The summed E-state index contributed by atoms with van der Waals surface area (Å²) in [6, 6.07) is 7.93. The highest BCUT2D eigenvalue weighted by Gasteiger charge is 2.19. The topological polar surface area (TPSA) is 20.3 Å². The van der Waals surface area contributed by atoms with Crippen LogP contribution >= 0.6 is 11.6 Å². The van der Waals surface area contributed by atoms with Crippen LogP contribution in [0.2, 0.25) is 5.02 Å². The first kappa shape index (κ1) is 14.2. The molecule has 1 atom stereocenters. The Morgan fingerprint density at radius 1 is 1.35 bits per heavy atom. The van der Waals surface area contributed by atoms with Gasteiger partial charge in [-0.05, 0) is 37.7 Å². The van der Waals surface area contributed by atoms with Crippen LogP contribution in [0.5, 0.6) is 0 Å². The number of Topliss-reactive ketones (excluding diaryl/α,β-unsaturated/α-hetero) is 1. The zero-order chi connectivity index (χ0) is 12.8. The third-order valence-electron chi connectivity index (χ3n) is 2.97. The van der Waals surface area contributed by atoms with Crippen LogP contribution in [0, 0.1) is 0 Å². The number of ketones is 1. The summed E-state index contributed by atoms with van der Waals surface area (Å²) in [5.74, 6) is 0.210. The second-order valence-electron chi connectivity index (χ2n) is 4.20. The molecule has 2 nitrogen and oxygen atoms in total. The lowest BCUT2D eigenvalue weighted by molar-refractivity contribution is -0.118. The highest BCUT2D eigenvalue weighted by Crippen LogP contribution is 2.26. The molecule has 94 valence electrons. The zero-order valence-corrected chi connectivity index (χ0v) is 11.5. The Morgan fingerprint density at radius 3 is 2.47 bits per heavy atom. The molecule has 0 amide bonds. The number of hydrogen-bond acceptors (Lipinski definition) is 2. The predicted octanol–water partition coefficient (Wildman–Crippen LogP) is 3.70. The molecule has 0 bridgehead atoms. The summed E-state index contributed by atoms with van der Waals surface area (Å²) in [6.45, 7) is 7.73. The van der Waals surface area contributed by atoms with E-state index in [1.807, 2.05) is 24.3 Å². The number of carbonyl (C=O) groups is 1. The Hall–Kier alpha value is -0.860. The number of nitrogens with zero attached hydrogens (tertiary/aromatic N) is 1. The van der Waals surface area contributed by atoms with Crippen LogP contribution in [0.25, 0.3) is 0 Å². The van der Waals surface area contributed by atoms with E-state index < -0.39 is 0 Å². The Balaban J connectivity index is 3.00. The molecule has 1 aromatic rings. The van der Waals surface area contributed by atoms with Crippen LogP contribution in [0.4, 0.5) is 0 Å². The lowest BCUT2D eigenvalue weighted by atomic mass is 10.00. The number of halogens is 1. The first-order chi connectivity index (χ1) is 8.08. The molecule has 1 rings (SSSR count). The average molecular weight is 254 g/mol. The monoisotopic (exact) mass is 253 g/mol. The SMILES string of the molecule is CCN(CC)C(CC(C)=O)c1cccc(Cl)c1. The van der Waals surface area contributed by atoms with Gasteiger partial charge in [0.25, 0.3) is 0 Å². The Kier molecular flexibility index (Phi) is 5.66. The van der Waals surface area contributed by atoms with Gasteiger partial charge in [-0.25, -0.2) is 0 Å². The van der Waals surface area contributed by atoms with Gasteiger partial charge in [0.1, 0.15) is 5.78 Å². The zero-order valence-electron chi connectivity index (χ0n) is 10.7. The standard InChI is InChI=1S/C14H20ClNO/c1-4-16(5-2)14(9-11(3)17)12-7-6-8-13(15)10-12/h6-8,10,14H,4-5,9H2,1-3H3. The van der Waals surface area contributed by atoms with Gasteiger partial charge in [0.05, 0.1) is 0 Å². The van der Waals surface area contributed by atoms with Gasteiger partial charge in [0, 0.05) is 17.5 Å². The van der Waals surface area contributed by atoms with Gasteiger partial charge in [0.2, 0.25) is 0 Å². The first-order valence-corrected chi connectivity index (χ1v) is 6.45. The molecule has 0 saturated carbocycles. The van der Waals surface area contributed by atoms with Crippen molar-refractivity contribution in [3.05, 3.63) is 34.9 Å². The summed E-state index contributed by atoms with van der Waals surface area (Å²) in [6.07, 6.45) is 0.544. The quantitative estimate of drug-likeness (QED) is 0.771. The third-order valence-corrected chi connectivity index (χ3v) is 3.20. The maximum atomic E-state index is 11.4. The van der Waals surface area contributed by atoms with E-state index in [0.717, 1.165) is 23.7 Å². The Bertz CT molecular complexity index is 374. The fourth-order valence-electron chi connectivity index (χ4n) is 2.11. The Labute approximate surface area is 109 Å². The highest BCUT2D eigenvalue weighted by molar-refractivity contribution is 6.30. The fourth-order valence-corrected chi connectivity index (χ4v) is 2.31. The molecule has 0 heterocycles. The lowest BCUT2D eigenvalue weighted by Crippen LogP contribution is -2.29. The lowest BCUT2D eigenvalue weighted by Gasteiger charge is -2.29. The normalized spacial score (nSPS) is 12.8. The number of rotatable bonds is 6. The van der Waals surface area contributed by atoms with Crippen molar-refractivity contribution in [1.29, 1.82) is 0 Å². The second kappa shape index (κ2) is 6.77. The average Bonchev–Trinajstić information content (AvgIpc) is 2.29. The van der Waals surface area contributed by atoms with Crippen molar-refractivity contribution in [2.45, 2.75) is 33.2 Å². The third kappa shape index (κ3) is 4.14. The van der Waals surface area contributed by atoms with Crippen LogP contribution in [0.3, 0.4) is 0 Å². The molecule has 1 aromatic carbocycles. The van der Waals surface area contributed by atoms with Gasteiger partial charge >= 0.3 is 0 Å². The summed E-state index contributed by atoms with van der Waals surface area (Å²) < 4.78 is 0. The van der Waals surface area contributed by atoms with Gasteiger partial charge in [-0.15, -0.1) is 0 Å². The molecular formula is C14H20ClNO. The molecular weight excluding hydrogens is 234 g/mol. The number of hydrogen-bond donors (Lipinski definition) is 0. The van der Waals surface area contributed by atoms with E-state index in [-0.39, 0.29) is 11.8 Å². The van der Waals surface area contributed by atoms with E-state index in [2.05, 4.69) is 18.7 Å². The van der Waals surface area contributed by atoms with Crippen molar-refractivity contribution in [2.75, 3.05) is 13.1 Å². The molecule has 0 spiro atoms. The largest absolute Gasteiger partial charge is 0.300 e. The maximum Gasteiger partial charge on any atom is 0.131 e. The summed E-state index contributed by atoms with van der Waals surface area (Å²) in [5.41, 5.74) is 1.12. The van der Waals surface area contributed by atoms with Crippen LogP contribution in [-0.4, -0.2) is 23.8 Å². The van der Waals surface area contributed by atoms with E-state index in [1.54, 1.807) is 6.92 Å². The summed E-state index contributed by atoms with van der Waals surface area (Å²) in [4.78, 5) is 13.7. The van der Waals surface area contributed by atoms with Crippen molar-refractivity contribution >= 4 is 17.4 Å². The minimum Gasteiger partial charge on any atom is -0.300 e. The molecule has 0 aromatic heterocycles. The second-order valence-corrected chi connectivity index (χ2v) is 4.63. The van der Waals surface area contributed by atoms with Crippen LogP contribution < -0.4 is 0 Å². The van der Waals surface area contributed by atoms with E-state index in [4.69, 9.17) is 11.6 Å². The van der Waals surface area contributed by atoms with Crippen molar-refractivity contribution in [2.24, 2.45) is 0 Å². The van der Waals surface area contributed by atoms with E-state index >= 15 is 0 Å². The maximum absolute atomic E-state index is 11.4. The summed E-state index contributed by atoms with van der Waals surface area (Å²) >= 11 is 6.01. The Morgan fingerprint density at radius 2 is 2.00 bits per heavy atom. The van der Waals surface area contributed by atoms with E-state index in [1.165, 1.54) is 0 Å². The van der Waals surface area contributed by atoms with Gasteiger partial charge in [0.15, 0.2) is 0 Å². The fraction of sp³-hybridized carbons (Fsp3) is 0.500. The minimum absolute atomic E-state index is 0.140. The number of carbonyl (C=O) groups excluding carboxylic acids is 1. The van der Waals surface area contributed by atoms with Gasteiger partial charge in [-0.1, -0.05) is 37.6 Å². The van der Waals surface area contributed by atoms with E-state index in [9.17, 15) is 4.79 Å². The molecule has 17 heavy (non-hydrogen) atoms. The molecule has 0 aliphatic heterocycles. The number of benzene rings is 1. The molecule has 0 radical (unpaired) electrons. The van der Waals surface area contributed by atoms with Gasteiger partial charge < -0.3 is 0 Å².